The molecular formula is C17H24N2OS. The number of hydrogen-bond acceptors (Lipinski definition) is 4. The number of aromatic nitrogens is 1. The Morgan fingerprint density at radius 1 is 1.24 bits per heavy atom. The van der Waals surface area contributed by atoms with Crippen LogP contribution in [0.25, 0.3) is 0 Å². The van der Waals surface area contributed by atoms with E-state index in [9.17, 15) is 0 Å². The third-order valence-electron chi connectivity index (χ3n) is 3.35. The first-order valence-electron chi connectivity index (χ1n) is 7.42. The molecule has 0 radical (unpaired) electrons. The van der Waals surface area contributed by atoms with Gasteiger partial charge in [-0.25, -0.2) is 4.98 Å². The number of para-hydroxylation sites is 1. The van der Waals surface area contributed by atoms with Crippen LogP contribution in [0.15, 0.2) is 24.3 Å². The summed E-state index contributed by atoms with van der Waals surface area (Å²) in [6.45, 7) is 9.05. The summed E-state index contributed by atoms with van der Waals surface area (Å²) in [7, 11) is 0. The molecule has 0 amide bonds. The minimum absolute atomic E-state index is 0.0472. The van der Waals surface area contributed by atoms with Crippen LogP contribution in [0.4, 0.5) is 0 Å². The van der Waals surface area contributed by atoms with E-state index < -0.39 is 0 Å². The van der Waals surface area contributed by atoms with Gasteiger partial charge in [-0.05, 0) is 31.4 Å². The number of benzene rings is 1. The van der Waals surface area contributed by atoms with E-state index in [0.29, 0.717) is 12.5 Å². The van der Waals surface area contributed by atoms with Crippen LogP contribution in [0.3, 0.4) is 0 Å². The lowest BCUT2D eigenvalue weighted by molar-refractivity contribution is 0.319. The standard InChI is InChI=1S/C17H24N2OS/c1-11(2)16-17(13(4)18)21-15(19-16)9-10-20-14-8-6-5-7-12(14)3/h5-8,11,13H,9-10,18H2,1-4H3. The van der Waals surface area contributed by atoms with Crippen molar-refractivity contribution >= 4 is 11.3 Å². The molecule has 0 aliphatic rings. The second-order valence-corrected chi connectivity index (χ2v) is 6.78. The molecule has 2 N–H and O–H groups in total. The zero-order chi connectivity index (χ0) is 15.4. The second kappa shape index (κ2) is 7.05. The number of rotatable bonds is 6. The zero-order valence-electron chi connectivity index (χ0n) is 13.2. The Morgan fingerprint density at radius 2 is 1.95 bits per heavy atom. The summed E-state index contributed by atoms with van der Waals surface area (Å²) in [5, 5.41) is 1.11. The fourth-order valence-electron chi connectivity index (χ4n) is 2.20. The Labute approximate surface area is 131 Å². The maximum Gasteiger partial charge on any atom is 0.122 e. The summed E-state index contributed by atoms with van der Waals surface area (Å²) >= 11 is 1.72. The molecule has 0 fully saturated rings. The Morgan fingerprint density at radius 3 is 2.52 bits per heavy atom. The van der Waals surface area contributed by atoms with Crippen molar-refractivity contribution in [2.24, 2.45) is 5.73 Å². The highest BCUT2D eigenvalue weighted by Crippen LogP contribution is 2.29. The second-order valence-electron chi connectivity index (χ2n) is 5.66. The molecule has 0 aliphatic carbocycles. The van der Waals surface area contributed by atoms with Crippen LogP contribution in [0.1, 0.15) is 53.9 Å². The van der Waals surface area contributed by atoms with Gasteiger partial charge in [-0.15, -0.1) is 11.3 Å². The van der Waals surface area contributed by atoms with E-state index in [0.717, 1.165) is 28.4 Å². The van der Waals surface area contributed by atoms with Gasteiger partial charge >= 0.3 is 0 Å². The third-order valence-corrected chi connectivity index (χ3v) is 4.68. The van der Waals surface area contributed by atoms with Gasteiger partial charge in [0.2, 0.25) is 0 Å². The summed E-state index contributed by atoms with van der Waals surface area (Å²) in [4.78, 5) is 5.95. The molecule has 0 spiro atoms. The summed E-state index contributed by atoms with van der Waals surface area (Å²) < 4.78 is 5.85. The molecule has 1 heterocycles. The van der Waals surface area contributed by atoms with Crippen LogP contribution in [0, 0.1) is 6.92 Å². The first kappa shape index (κ1) is 16.0. The van der Waals surface area contributed by atoms with Gasteiger partial charge in [0.1, 0.15) is 5.75 Å². The molecular weight excluding hydrogens is 280 g/mol. The Kier molecular flexibility index (Phi) is 5.37. The number of thiazole rings is 1. The molecule has 1 atom stereocenters. The van der Waals surface area contributed by atoms with Gasteiger partial charge in [-0.3, -0.25) is 0 Å². The van der Waals surface area contributed by atoms with E-state index >= 15 is 0 Å². The number of hydrogen-bond donors (Lipinski definition) is 1. The van der Waals surface area contributed by atoms with Gasteiger partial charge in [-0.2, -0.15) is 0 Å². The van der Waals surface area contributed by atoms with E-state index in [1.54, 1.807) is 11.3 Å². The SMILES string of the molecule is Cc1ccccc1OCCc1nc(C(C)C)c(C(C)N)s1. The van der Waals surface area contributed by atoms with Crippen LogP contribution in [0.2, 0.25) is 0 Å². The fourth-order valence-corrected chi connectivity index (χ4v) is 3.36. The molecule has 2 aromatic rings. The molecule has 114 valence electrons. The van der Waals surface area contributed by atoms with Gasteiger partial charge in [0, 0.05) is 17.3 Å². The van der Waals surface area contributed by atoms with Gasteiger partial charge in [0.05, 0.1) is 17.3 Å². The summed E-state index contributed by atoms with van der Waals surface area (Å²) in [6.07, 6.45) is 0.825. The Bertz CT molecular complexity index is 565. The smallest absolute Gasteiger partial charge is 0.122 e. The molecule has 3 nitrogen and oxygen atoms in total. The quantitative estimate of drug-likeness (QED) is 0.869. The van der Waals surface area contributed by atoms with Crippen LogP contribution in [0.5, 0.6) is 5.75 Å². The normalized spacial score (nSPS) is 12.7. The Balaban J connectivity index is 2.01. The van der Waals surface area contributed by atoms with Crippen molar-refractivity contribution in [3.63, 3.8) is 0 Å². The molecule has 1 aromatic heterocycles. The average molecular weight is 304 g/mol. The highest BCUT2D eigenvalue weighted by atomic mass is 32.1. The molecule has 0 bridgehead atoms. The molecule has 2 rings (SSSR count). The Hall–Kier alpha value is -1.39. The van der Waals surface area contributed by atoms with Crippen molar-refractivity contribution < 1.29 is 4.74 Å². The van der Waals surface area contributed by atoms with Crippen LogP contribution >= 0.6 is 11.3 Å². The van der Waals surface area contributed by atoms with Crippen molar-refractivity contribution in [3.8, 4) is 5.75 Å². The highest BCUT2D eigenvalue weighted by molar-refractivity contribution is 7.11. The number of aryl methyl sites for hydroxylation is 1. The maximum atomic E-state index is 6.04. The number of ether oxygens (including phenoxy) is 1. The average Bonchev–Trinajstić information content (AvgIpc) is 2.85. The number of nitrogens with two attached hydrogens (primary N) is 1. The van der Waals surface area contributed by atoms with Gasteiger partial charge in [0.25, 0.3) is 0 Å². The molecule has 1 unspecified atom stereocenters. The van der Waals surface area contributed by atoms with E-state index in [1.165, 1.54) is 4.88 Å². The maximum absolute atomic E-state index is 6.04. The predicted octanol–water partition coefficient (Wildman–Crippen LogP) is 4.22. The van der Waals surface area contributed by atoms with Crippen LogP contribution in [-0.4, -0.2) is 11.6 Å². The molecule has 1 aromatic carbocycles. The van der Waals surface area contributed by atoms with Crippen molar-refractivity contribution in [3.05, 3.63) is 45.4 Å². The molecule has 0 saturated heterocycles. The van der Waals surface area contributed by atoms with Gasteiger partial charge in [0.15, 0.2) is 0 Å². The van der Waals surface area contributed by atoms with E-state index in [1.807, 2.05) is 25.1 Å². The van der Waals surface area contributed by atoms with E-state index in [2.05, 4.69) is 26.8 Å². The third kappa shape index (κ3) is 4.05. The predicted molar refractivity (Wildman–Crippen MR) is 89.2 cm³/mol. The van der Waals surface area contributed by atoms with Crippen molar-refractivity contribution in [2.75, 3.05) is 6.61 Å². The van der Waals surface area contributed by atoms with Crippen LogP contribution in [-0.2, 0) is 6.42 Å². The lowest BCUT2D eigenvalue weighted by Gasteiger charge is -2.07. The number of nitrogens with zero attached hydrogens (tertiary/aromatic N) is 1. The summed E-state index contributed by atoms with van der Waals surface area (Å²) in [5.74, 6) is 1.36. The minimum Gasteiger partial charge on any atom is -0.493 e. The topological polar surface area (TPSA) is 48.1 Å². The van der Waals surface area contributed by atoms with Crippen LogP contribution < -0.4 is 10.5 Å². The van der Waals surface area contributed by atoms with Crippen molar-refractivity contribution in [1.29, 1.82) is 0 Å². The first-order chi connectivity index (χ1) is 9.99. The lowest BCUT2D eigenvalue weighted by Crippen LogP contribution is -2.06. The van der Waals surface area contributed by atoms with E-state index in [-0.39, 0.29) is 6.04 Å². The van der Waals surface area contributed by atoms with Crippen molar-refractivity contribution in [2.45, 2.75) is 46.1 Å². The van der Waals surface area contributed by atoms with E-state index in [4.69, 9.17) is 15.5 Å². The van der Waals surface area contributed by atoms with Crippen molar-refractivity contribution in [1.82, 2.24) is 4.98 Å². The van der Waals surface area contributed by atoms with Gasteiger partial charge in [-0.1, -0.05) is 32.0 Å². The zero-order valence-corrected chi connectivity index (χ0v) is 14.0. The van der Waals surface area contributed by atoms with Gasteiger partial charge < -0.3 is 10.5 Å². The highest BCUT2D eigenvalue weighted by Gasteiger charge is 2.16. The monoisotopic (exact) mass is 304 g/mol. The summed E-state index contributed by atoms with van der Waals surface area (Å²) in [6, 6.07) is 8.13. The largest absolute Gasteiger partial charge is 0.493 e. The molecule has 21 heavy (non-hydrogen) atoms. The lowest BCUT2D eigenvalue weighted by atomic mass is 10.1. The molecule has 4 heteroatoms. The first-order valence-corrected chi connectivity index (χ1v) is 8.24. The fraction of sp³-hybridized carbons (Fsp3) is 0.471. The minimum atomic E-state index is 0.0472. The summed E-state index contributed by atoms with van der Waals surface area (Å²) in [5.41, 5.74) is 8.35. The molecule has 0 saturated carbocycles. The molecule has 0 aliphatic heterocycles.